The molecule has 0 aliphatic rings. The average Bonchev–Trinajstić information content (AvgIpc) is 3.39. The van der Waals surface area contributed by atoms with Crippen LogP contribution in [0.25, 0.3) is 28.6 Å². The number of alkyl halides is 5. The highest BCUT2D eigenvalue weighted by atomic mass is 19.4. The summed E-state index contributed by atoms with van der Waals surface area (Å²) in [5, 5.41) is 13.1. The fourth-order valence-corrected chi connectivity index (χ4v) is 2.18. The summed E-state index contributed by atoms with van der Waals surface area (Å²) in [6.07, 6.45) is 0.226. The molecular formula is C14H9F5N8O2. The number of halogens is 5. The molecule has 0 radical (unpaired) electrons. The van der Waals surface area contributed by atoms with Gasteiger partial charge in [0, 0.05) is 18.6 Å². The van der Waals surface area contributed by atoms with Crippen LogP contribution in [0.3, 0.4) is 0 Å². The van der Waals surface area contributed by atoms with Gasteiger partial charge in [-0.25, -0.2) is 28.5 Å². The van der Waals surface area contributed by atoms with E-state index in [0.29, 0.717) is 22.7 Å². The number of carboxylic acids is 1. The quantitative estimate of drug-likeness (QED) is 0.436. The predicted octanol–water partition coefficient (Wildman–Crippen LogP) is 2.48. The Morgan fingerprint density at radius 3 is 2.52 bits per heavy atom. The van der Waals surface area contributed by atoms with Crippen LogP contribution in [0, 0.1) is 0 Å². The van der Waals surface area contributed by atoms with Gasteiger partial charge in [-0.3, -0.25) is 14.5 Å². The molecule has 4 rings (SSSR count). The van der Waals surface area contributed by atoms with E-state index in [0.717, 1.165) is 0 Å². The molecule has 0 atom stereocenters. The molecule has 3 N–H and O–H groups in total. The molecular weight excluding hydrogens is 407 g/mol. The van der Waals surface area contributed by atoms with Gasteiger partial charge in [-0.15, -0.1) is 0 Å². The molecule has 0 amide bonds. The molecule has 4 aromatic rings. The van der Waals surface area contributed by atoms with E-state index in [1.807, 2.05) is 0 Å². The Labute approximate surface area is 156 Å². The second-order valence-electron chi connectivity index (χ2n) is 5.21. The third-order valence-electron chi connectivity index (χ3n) is 3.34. The highest BCUT2D eigenvalue weighted by Gasteiger charge is 2.38. The van der Waals surface area contributed by atoms with Gasteiger partial charge in [0.05, 0.1) is 12.5 Å². The van der Waals surface area contributed by atoms with Crippen LogP contribution in [0.4, 0.5) is 22.0 Å². The lowest BCUT2D eigenvalue weighted by Gasteiger charge is -1.99. The van der Waals surface area contributed by atoms with Crippen LogP contribution in [0.2, 0.25) is 0 Å². The number of imidazole rings is 2. The van der Waals surface area contributed by atoms with Crippen molar-refractivity contribution in [2.24, 2.45) is 0 Å². The summed E-state index contributed by atoms with van der Waals surface area (Å²) in [6, 6.07) is 0. The summed E-state index contributed by atoms with van der Waals surface area (Å²) in [5.41, 5.74) is 2.13. The van der Waals surface area contributed by atoms with E-state index in [-0.39, 0.29) is 5.82 Å². The largest absolute Gasteiger partial charge is 0.490 e. The standard InChI is InChI=1S/C12H8F2N8.C2HF3O2/c13-10(14)12-19-11(20-21-12)8-9(6-3-16-5-17-6)22-2-1-15-4-7(22)18-8;3-2(4,5)1(6)7/h1-5,10H,(H,16,17)(H,19,20,21);(H,6,7). The Balaban J connectivity index is 0.000000298. The minimum absolute atomic E-state index is 0.150. The van der Waals surface area contributed by atoms with Crippen LogP contribution in [0.1, 0.15) is 12.2 Å². The lowest BCUT2D eigenvalue weighted by atomic mass is 10.2. The first kappa shape index (κ1) is 19.8. The van der Waals surface area contributed by atoms with Gasteiger partial charge in [-0.05, 0) is 0 Å². The molecule has 29 heavy (non-hydrogen) atoms. The number of hydrogen-bond acceptors (Lipinski definition) is 6. The number of nitrogens with zero attached hydrogens (tertiary/aromatic N) is 6. The van der Waals surface area contributed by atoms with Crippen molar-refractivity contribution in [1.29, 1.82) is 0 Å². The van der Waals surface area contributed by atoms with Crippen LogP contribution < -0.4 is 0 Å². The second kappa shape index (κ2) is 7.61. The molecule has 0 saturated heterocycles. The molecule has 10 nitrogen and oxygen atoms in total. The van der Waals surface area contributed by atoms with E-state index in [1.54, 1.807) is 29.2 Å². The van der Waals surface area contributed by atoms with Crippen LogP contribution >= 0.6 is 0 Å². The maximum absolute atomic E-state index is 12.7. The van der Waals surface area contributed by atoms with E-state index in [4.69, 9.17) is 9.90 Å². The fourth-order valence-electron chi connectivity index (χ4n) is 2.18. The number of H-pyrrole nitrogens is 2. The van der Waals surface area contributed by atoms with Gasteiger partial charge in [-0.2, -0.15) is 18.3 Å². The number of nitrogens with one attached hydrogen (secondary N) is 2. The highest BCUT2D eigenvalue weighted by Crippen LogP contribution is 2.30. The van der Waals surface area contributed by atoms with E-state index >= 15 is 0 Å². The zero-order valence-corrected chi connectivity index (χ0v) is 13.9. The number of aromatic nitrogens is 8. The third-order valence-corrected chi connectivity index (χ3v) is 3.34. The number of fused-ring (bicyclic) bond motifs is 1. The van der Waals surface area contributed by atoms with Crippen molar-refractivity contribution in [2.45, 2.75) is 12.6 Å². The molecule has 4 aromatic heterocycles. The van der Waals surface area contributed by atoms with Crippen molar-refractivity contribution in [1.82, 2.24) is 39.5 Å². The fraction of sp³-hybridized carbons (Fsp3) is 0.143. The van der Waals surface area contributed by atoms with E-state index < -0.39 is 24.4 Å². The number of aliphatic carboxylic acids is 1. The van der Waals surface area contributed by atoms with Gasteiger partial charge in [0.25, 0.3) is 6.43 Å². The van der Waals surface area contributed by atoms with Crippen molar-refractivity contribution in [3.05, 3.63) is 36.9 Å². The molecule has 0 aliphatic carbocycles. The molecule has 0 aromatic carbocycles. The number of carbonyl (C=O) groups is 1. The maximum atomic E-state index is 12.7. The molecule has 0 saturated carbocycles. The highest BCUT2D eigenvalue weighted by molar-refractivity contribution is 5.76. The molecule has 0 unspecified atom stereocenters. The molecule has 0 spiro atoms. The summed E-state index contributed by atoms with van der Waals surface area (Å²) >= 11 is 0. The van der Waals surface area contributed by atoms with Crippen molar-refractivity contribution in [3.63, 3.8) is 0 Å². The summed E-state index contributed by atoms with van der Waals surface area (Å²) in [7, 11) is 0. The van der Waals surface area contributed by atoms with Gasteiger partial charge < -0.3 is 10.1 Å². The Morgan fingerprint density at radius 2 is 1.97 bits per heavy atom. The topological polar surface area (TPSA) is 138 Å². The summed E-state index contributed by atoms with van der Waals surface area (Å²) < 4.78 is 58.8. The number of carboxylic acid groups (broad SMARTS) is 1. The lowest BCUT2D eigenvalue weighted by Crippen LogP contribution is -2.21. The number of aromatic amines is 2. The zero-order valence-electron chi connectivity index (χ0n) is 13.9. The Morgan fingerprint density at radius 1 is 1.24 bits per heavy atom. The minimum atomic E-state index is -5.08. The Hall–Kier alpha value is -3.91. The van der Waals surface area contributed by atoms with E-state index in [2.05, 4.69) is 35.1 Å². The predicted molar refractivity (Wildman–Crippen MR) is 84.6 cm³/mol. The lowest BCUT2D eigenvalue weighted by molar-refractivity contribution is -0.192. The molecule has 15 heteroatoms. The molecule has 0 aliphatic heterocycles. The summed E-state index contributed by atoms with van der Waals surface area (Å²) in [5.74, 6) is -3.18. The Bertz CT molecular complexity index is 1120. The SMILES string of the molecule is FC(F)c1n[nH]c(-c2nc3cnccn3c2-c2c[nH]cn2)n1.O=C(O)C(F)(F)F. The molecule has 0 fully saturated rings. The van der Waals surface area contributed by atoms with E-state index in [1.165, 1.54) is 6.33 Å². The smallest absolute Gasteiger partial charge is 0.475 e. The van der Waals surface area contributed by atoms with Crippen molar-refractivity contribution in [3.8, 4) is 22.9 Å². The maximum Gasteiger partial charge on any atom is 0.490 e. The third kappa shape index (κ3) is 4.17. The van der Waals surface area contributed by atoms with Crippen molar-refractivity contribution < 1.29 is 31.9 Å². The summed E-state index contributed by atoms with van der Waals surface area (Å²) in [6.45, 7) is 0. The van der Waals surface area contributed by atoms with Gasteiger partial charge in [0.1, 0.15) is 17.1 Å². The van der Waals surface area contributed by atoms with Crippen LogP contribution in [0.15, 0.2) is 31.1 Å². The van der Waals surface area contributed by atoms with Crippen LogP contribution in [-0.4, -0.2) is 56.8 Å². The van der Waals surface area contributed by atoms with Gasteiger partial charge >= 0.3 is 12.1 Å². The minimum Gasteiger partial charge on any atom is -0.475 e. The monoisotopic (exact) mass is 416 g/mol. The summed E-state index contributed by atoms with van der Waals surface area (Å²) in [4.78, 5) is 28.1. The van der Waals surface area contributed by atoms with Crippen molar-refractivity contribution in [2.75, 3.05) is 0 Å². The first-order chi connectivity index (χ1) is 13.7. The first-order valence-electron chi connectivity index (χ1n) is 7.50. The molecule has 0 bridgehead atoms. The van der Waals surface area contributed by atoms with Gasteiger partial charge in [-0.1, -0.05) is 0 Å². The molecule has 152 valence electrons. The zero-order chi connectivity index (χ0) is 21.2. The Kier molecular flexibility index (Phi) is 5.20. The van der Waals surface area contributed by atoms with Gasteiger partial charge in [0.15, 0.2) is 11.5 Å². The van der Waals surface area contributed by atoms with Gasteiger partial charge in [0.2, 0.25) is 5.82 Å². The normalized spacial score (nSPS) is 11.5. The van der Waals surface area contributed by atoms with Crippen molar-refractivity contribution >= 4 is 11.6 Å². The number of rotatable bonds is 3. The molecule has 4 heterocycles. The first-order valence-corrected chi connectivity index (χ1v) is 7.50. The second-order valence-corrected chi connectivity index (χ2v) is 5.21. The van der Waals surface area contributed by atoms with Crippen LogP contribution in [-0.2, 0) is 4.79 Å². The van der Waals surface area contributed by atoms with E-state index in [9.17, 15) is 22.0 Å². The number of hydrogen-bond donors (Lipinski definition) is 3. The average molecular weight is 416 g/mol. The van der Waals surface area contributed by atoms with Crippen LogP contribution in [0.5, 0.6) is 0 Å².